The number of carbonyl (C=O) groups is 1. The molecule has 7 nitrogen and oxygen atoms in total. The molecule has 2 aliphatic rings. The van der Waals surface area contributed by atoms with Crippen LogP contribution in [0.15, 0.2) is 29.2 Å². The van der Waals surface area contributed by atoms with Gasteiger partial charge in [-0.15, -0.1) is 0 Å². The Labute approximate surface area is 154 Å². The number of piperidine rings is 1. The summed E-state index contributed by atoms with van der Waals surface area (Å²) in [5.41, 5.74) is 0. The van der Waals surface area contributed by atoms with Crippen molar-refractivity contribution in [3.63, 3.8) is 0 Å². The smallest absolute Gasteiger partial charge is 0.243 e. The number of hydrogen-bond acceptors (Lipinski definition) is 5. The summed E-state index contributed by atoms with van der Waals surface area (Å²) in [5.74, 6) is 0.197. The number of hydrogen-bond donors (Lipinski definition) is 1. The third kappa shape index (κ3) is 4.36. The molecule has 1 N–H and O–H groups in total. The maximum atomic E-state index is 12.9. The zero-order valence-electron chi connectivity index (χ0n) is 15.0. The molecule has 1 amide bonds. The molecule has 2 heterocycles. The van der Waals surface area contributed by atoms with Crippen molar-refractivity contribution in [2.45, 2.75) is 36.7 Å². The number of carbonyl (C=O) groups excluding carboxylic acids is 1. The Morgan fingerprint density at radius 1 is 1.27 bits per heavy atom. The summed E-state index contributed by atoms with van der Waals surface area (Å²) in [6.45, 7) is 1.90. The molecule has 2 atom stereocenters. The molecule has 2 fully saturated rings. The van der Waals surface area contributed by atoms with E-state index >= 15 is 0 Å². The first-order chi connectivity index (χ1) is 12.5. The molecule has 8 heteroatoms. The highest BCUT2D eigenvalue weighted by atomic mass is 32.2. The van der Waals surface area contributed by atoms with E-state index in [2.05, 4.69) is 5.32 Å². The van der Waals surface area contributed by atoms with Crippen molar-refractivity contribution < 1.29 is 22.7 Å². The molecule has 1 aromatic rings. The molecule has 0 aliphatic carbocycles. The maximum absolute atomic E-state index is 12.9. The second-order valence-corrected chi connectivity index (χ2v) is 8.70. The lowest BCUT2D eigenvalue weighted by Crippen LogP contribution is -2.46. The topological polar surface area (TPSA) is 84.9 Å². The van der Waals surface area contributed by atoms with Crippen LogP contribution in [0, 0.1) is 5.92 Å². The summed E-state index contributed by atoms with van der Waals surface area (Å²) >= 11 is 0. The first kappa shape index (κ1) is 19.1. The average Bonchev–Trinajstić information content (AvgIpc) is 3.20. The fourth-order valence-corrected chi connectivity index (χ4v) is 4.96. The van der Waals surface area contributed by atoms with E-state index in [9.17, 15) is 13.2 Å². The molecular weight excluding hydrogens is 356 g/mol. The highest BCUT2D eigenvalue weighted by Gasteiger charge is 2.33. The minimum Gasteiger partial charge on any atom is -0.497 e. The Morgan fingerprint density at radius 3 is 2.69 bits per heavy atom. The van der Waals surface area contributed by atoms with Gasteiger partial charge in [-0.1, -0.05) is 0 Å². The van der Waals surface area contributed by atoms with Gasteiger partial charge in [-0.2, -0.15) is 4.31 Å². The Bertz CT molecular complexity index is 714. The molecule has 2 saturated heterocycles. The Kier molecular flexibility index (Phi) is 6.16. The van der Waals surface area contributed by atoms with Crippen LogP contribution in [0.5, 0.6) is 5.75 Å². The summed E-state index contributed by atoms with van der Waals surface area (Å²) in [6, 6.07) is 6.33. The van der Waals surface area contributed by atoms with Gasteiger partial charge in [-0.05, 0) is 49.9 Å². The molecule has 2 aliphatic heterocycles. The number of ether oxygens (including phenoxy) is 2. The quantitative estimate of drug-likeness (QED) is 0.804. The molecule has 0 bridgehead atoms. The number of amides is 1. The van der Waals surface area contributed by atoms with Crippen LogP contribution in [-0.4, -0.2) is 58.1 Å². The van der Waals surface area contributed by atoms with Crippen LogP contribution in [0.4, 0.5) is 0 Å². The second kappa shape index (κ2) is 8.37. The van der Waals surface area contributed by atoms with Crippen LogP contribution < -0.4 is 10.1 Å². The average molecular weight is 382 g/mol. The van der Waals surface area contributed by atoms with E-state index in [0.29, 0.717) is 31.7 Å². The van der Waals surface area contributed by atoms with Crippen molar-refractivity contribution in [1.82, 2.24) is 9.62 Å². The number of rotatable bonds is 6. The van der Waals surface area contributed by atoms with E-state index in [0.717, 1.165) is 19.4 Å². The van der Waals surface area contributed by atoms with Crippen LogP contribution >= 0.6 is 0 Å². The van der Waals surface area contributed by atoms with Crippen LogP contribution in [-0.2, 0) is 19.6 Å². The van der Waals surface area contributed by atoms with E-state index in [-0.39, 0.29) is 29.4 Å². The fourth-order valence-electron chi connectivity index (χ4n) is 3.44. The predicted octanol–water partition coefficient (Wildman–Crippen LogP) is 1.39. The molecule has 144 valence electrons. The van der Waals surface area contributed by atoms with Gasteiger partial charge in [0, 0.05) is 26.2 Å². The van der Waals surface area contributed by atoms with Gasteiger partial charge in [0.1, 0.15) is 5.75 Å². The lowest BCUT2D eigenvalue weighted by atomic mass is 9.99. The molecule has 0 aromatic heterocycles. The molecule has 3 rings (SSSR count). The summed E-state index contributed by atoms with van der Waals surface area (Å²) < 4.78 is 37.7. The first-order valence-electron chi connectivity index (χ1n) is 9.04. The third-order valence-electron chi connectivity index (χ3n) is 4.98. The Hall–Kier alpha value is -1.64. The molecule has 2 unspecified atom stereocenters. The van der Waals surface area contributed by atoms with E-state index in [4.69, 9.17) is 9.47 Å². The molecule has 0 radical (unpaired) electrons. The van der Waals surface area contributed by atoms with Crippen molar-refractivity contribution >= 4 is 15.9 Å². The lowest BCUT2D eigenvalue weighted by molar-refractivity contribution is -0.126. The Balaban J connectivity index is 1.61. The van der Waals surface area contributed by atoms with Crippen molar-refractivity contribution in [2.75, 3.05) is 33.4 Å². The van der Waals surface area contributed by atoms with Crippen LogP contribution in [0.3, 0.4) is 0 Å². The summed E-state index contributed by atoms with van der Waals surface area (Å²) in [6.07, 6.45) is 3.45. The van der Waals surface area contributed by atoms with Gasteiger partial charge < -0.3 is 14.8 Å². The van der Waals surface area contributed by atoms with Crippen LogP contribution in [0.25, 0.3) is 0 Å². The minimum atomic E-state index is -3.61. The second-order valence-electron chi connectivity index (χ2n) is 6.76. The van der Waals surface area contributed by atoms with Gasteiger partial charge >= 0.3 is 0 Å². The SMILES string of the molecule is COc1ccc(S(=O)(=O)N2CCCC(C(=O)NCC3CCCO3)C2)cc1. The molecular formula is C18H26N2O5S. The highest BCUT2D eigenvalue weighted by molar-refractivity contribution is 7.89. The minimum absolute atomic E-state index is 0.0849. The molecule has 26 heavy (non-hydrogen) atoms. The van der Waals surface area contributed by atoms with Gasteiger partial charge in [0.05, 0.1) is 24.0 Å². The normalized spacial score (nSPS) is 24.3. The standard InChI is InChI=1S/C18H26N2O5S/c1-24-15-6-8-17(9-7-15)26(22,23)20-10-2-4-14(13-20)18(21)19-12-16-5-3-11-25-16/h6-9,14,16H,2-5,10-13H2,1H3,(H,19,21). The number of sulfonamides is 1. The highest BCUT2D eigenvalue weighted by Crippen LogP contribution is 2.25. The number of benzene rings is 1. The van der Waals surface area contributed by atoms with E-state index < -0.39 is 10.0 Å². The van der Waals surface area contributed by atoms with Gasteiger partial charge in [0.25, 0.3) is 0 Å². The zero-order valence-corrected chi connectivity index (χ0v) is 15.8. The van der Waals surface area contributed by atoms with Crippen molar-refractivity contribution in [3.05, 3.63) is 24.3 Å². The Morgan fingerprint density at radius 2 is 2.04 bits per heavy atom. The van der Waals surface area contributed by atoms with E-state index in [1.165, 1.54) is 23.5 Å². The van der Waals surface area contributed by atoms with Crippen LogP contribution in [0.1, 0.15) is 25.7 Å². The molecule has 0 saturated carbocycles. The largest absolute Gasteiger partial charge is 0.497 e. The third-order valence-corrected chi connectivity index (χ3v) is 6.86. The maximum Gasteiger partial charge on any atom is 0.243 e. The van der Waals surface area contributed by atoms with E-state index in [1.807, 2.05) is 0 Å². The molecule has 0 spiro atoms. The van der Waals surface area contributed by atoms with Gasteiger partial charge in [0.15, 0.2) is 0 Å². The van der Waals surface area contributed by atoms with Crippen molar-refractivity contribution in [2.24, 2.45) is 5.92 Å². The summed E-state index contributed by atoms with van der Waals surface area (Å²) in [5, 5.41) is 2.92. The summed E-state index contributed by atoms with van der Waals surface area (Å²) in [7, 11) is -2.08. The zero-order chi connectivity index (χ0) is 18.6. The van der Waals surface area contributed by atoms with Crippen molar-refractivity contribution in [3.8, 4) is 5.75 Å². The van der Waals surface area contributed by atoms with Gasteiger partial charge in [0.2, 0.25) is 15.9 Å². The van der Waals surface area contributed by atoms with Crippen molar-refractivity contribution in [1.29, 1.82) is 0 Å². The number of nitrogens with one attached hydrogen (secondary N) is 1. The predicted molar refractivity (Wildman–Crippen MR) is 96.5 cm³/mol. The monoisotopic (exact) mass is 382 g/mol. The number of nitrogens with zero attached hydrogens (tertiary/aromatic N) is 1. The number of methoxy groups -OCH3 is 1. The van der Waals surface area contributed by atoms with Crippen LogP contribution in [0.2, 0.25) is 0 Å². The fraction of sp³-hybridized carbons (Fsp3) is 0.611. The first-order valence-corrected chi connectivity index (χ1v) is 10.5. The molecule has 1 aromatic carbocycles. The van der Waals surface area contributed by atoms with Gasteiger partial charge in [-0.25, -0.2) is 8.42 Å². The van der Waals surface area contributed by atoms with Gasteiger partial charge in [-0.3, -0.25) is 4.79 Å². The lowest BCUT2D eigenvalue weighted by Gasteiger charge is -2.31. The van der Waals surface area contributed by atoms with E-state index in [1.54, 1.807) is 12.1 Å². The summed E-state index contributed by atoms with van der Waals surface area (Å²) in [4.78, 5) is 12.7.